The summed E-state index contributed by atoms with van der Waals surface area (Å²) in [6.07, 6.45) is 3.60. The van der Waals surface area contributed by atoms with Gasteiger partial charge in [0.1, 0.15) is 0 Å². The van der Waals surface area contributed by atoms with Crippen LogP contribution in [-0.2, 0) is 0 Å². The Kier molecular flexibility index (Phi) is 2.15. The molecule has 1 heterocycles. The number of H-pyrrole nitrogens is 1. The van der Waals surface area contributed by atoms with Crippen molar-refractivity contribution in [3.63, 3.8) is 0 Å². The average molecular weight is 171 g/mol. The molecule has 0 fully saturated rings. The molecule has 0 bridgehead atoms. The number of rotatable bonds is 1. The van der Waals surface area contributed by atoms with Crippen LogP contribution in [0.3, 0.4) is 0 Å². The molecule has 0 atom stereocenters. The Labute approximate surface area is 57.3 Å². The van der Waals surface area contributed by atoms with Crippen molar-refractivity contribution in [3.8, 4) is 0 Å². The summed E-state index contributed by atoms with van der Waals surface area (Å²) < 4.78 is 1.11. The number of halogens is 1. The van der Waals surface area contributed by atoms with E-state index in [2.05, 4.69) is 22.9 Å². The maximum absolute atomic E-state index is 3.99. The Morgan fingerprint density at radius 3 is 3.00 bits per heavy atom. The van der Waals surface area contributed by atoms with E-state index < -0.39 is 0 Å². The van der Waals surface area contributed by atoms with Crippen molar-refractivity contribution < 1.29 is 0 Å². The maximum Gasteiger partial charge on any atom is 0.561 e. The lowest BCUT2D eigenvalue weighted by molar-refractivity contribution is 1.41. The van der Waals surface area contributed by atoms with E-state index >= 15 is 0 Å². The summed E-state index contributed by atoms with van der Waals surface area (Å²) in [7, 11) is 0. The number of aromatic amines is 1. The Hall–Kier alpha value is 0.456. The lowest BCUT2D eigenvalue weighted by atomic mass is 11.0. The molecule has 1 rings (SSSR count). The first kappa shape index (κ1) is 5.59. The molecule has 1 aromatic heterocycles. The molecule has 1 aromatic rings. The van der Waals surface area contributed by atoms with Gasteiger partial charge in [0.2, 0.25) is 0 Å². The van der Waals surface area contributed by atoms with Crippen molar-refractivity contribution >= 4 is 35.0 Å². The Morgan fingerprint density at radius 2 is 2.71 bits per heavy atom. The third kappa shape index (κ3) is 1.43. The number of imidazole rings is 1. The smallest absolute Gasteiger partial charge is 0.374 e. The van der Waals surface area contributed by atoms with Crippen molar-refractivity contribution in [2.45, 2.75) is 0 Å². The molecule has 0 amide bonds. The molecule has 7 heavy (non-hydrogen) atoms. The molecule has 2 nitrogen and oxygen atoms in total. The van der Waals surface area contributed by atoms with Crippen LogP contribution in [0.5, 0.6) is 0 Å². The number of hydrogen-bond donors (Lipinski definition) is 1. The maximum atomic E-state index is 3.99. The van der Waals surface area contributed by atoms with Crippen LogP contribution >= 0.6 is 12.9 Å². The first-order chi connectivity index (χ1) is 3.43. The third-order valence-electron chi connectivity index (χ3n) is 0.681. The molecule has 0 aromatic carbocycles. The molecule has 0 unspecified atom stereocenters. The molecule has 0 aliphatic carbocycles. The van der Waals surface area contributed by atoms with Gasteiger partial charge in [-0.25, -0.2) is 0 Å². The van der Waals surface area contributed by atoms with Crippen LogP contribution in [0.4, 0.5) is 0 Å². The third-order valence-corrected chi connectivity index (χ3v) is 2.91. The SMILES string of the molecule is [Br][Mg][c]1ncc[nH]1. The zero-order valence-electron chi connectivity index (χ0n) is 3.69. The zero-order valence-corrected chi connectivity index (χ0v) is 6.69. The molecule has 34 valence electrons. The van der Waals surface area contributed by atoms with Crippen LogP contribution in [0.2, 0.25) is 0 Å². The Bertz CT molecular complexity index is 127. The highest BCUT2D eigenvalue weighted by Gasteiger charge is 1.92. The van der Waals surface area contributed by atoms with Gasteiger partial charge < -0.3 is 4.98 Å². The quantitative estimate of drug-likeness (QED) is 0.594. The molecule has 0 radical (unpaired) electrons. The molecule has 0 aliphatic rings. The molecular weight excluding hydrogens is 168 g/mol. The molecule has 0 aliphatic heterocycles. The van der Waals surface area contributed by atoms with Gasteiger partial charge in [-0.15, -0.1) is 0 Å². The largest absolute Gasteiger partial charge is 0.561 e. The standard InChI is InChI=1S/C3H3N2.BrH.Mg/c1-2-5-3-4-1;;/h1-2H,(H,4,5);1H;/q;;+1/p-1. The summed E-state index contributed by atoms with van der Waals surface area (Å²) in [6.45, 7) is 0. The summed E-state index contributed by atoms with van der Waals surface area (Å²) in [4.78, 5) is 6.98. The van der Waals surface area contributed by atoms with E-state index in [1.807, 2.05) is 6.20 Å². The van der Waals surface area contributed by atoms with Crippen LogP contribution in [0.1, 0.15) is 0 Å². The summed E-state index contributed by atoms with van der Waals surface area (Å²) in [5, 5.41) is 0. The fraction of sp³-hybridized carbons (Fsp3) is 0. The normalized spacial score (nSPS) is 8.14. The van der Waals surface area contributed by atoms with Gasteiger partial charge >= 0.3 is 18.2 Å². The van der Waals surface area contributed by atoms with Gasteiger partial charge in [0, 0.05) is 12.4 Å². The van der Waals surface area contributed by atoms with Crippen molar-refractivity contribution in [1.82, 2.24) is 9.97 Å². The first-order valence-electron chi connectivity index (χ1n) is 1.97. The van der Waals surface area contributed by atoms with Gasteiger partial charge in [0.05, 0.1) is 0 Å². The zero-order chi connectivity index (χ0) is 5.11. The molecule has 0 saturated heterocycles. The van der Waals surface area contributed by atoms with E-state index in [9.17, 15) is 0 Å². The van der Waals surface area contributed by atoms with Crippen molar-refractivity contribution in [2.24, 2.45) is 0 Å². The Balaban J connectivity index is 2.76. The van der Waals surface area contributed by atoms with E-state index in [0.29, 0.717) is 0 Å². The molecular formula is C3H3BrMgN2. The predicted octanol–water partition coefficient (Wildman–Crippen LogP) is 0.0491. The second-order valence-electron chi connectivity index (χ2n) is 1.17. The highest BCUT2D eigenvalue weighted by molar-refractivity contribution is 9.23. The molecule has 1 N–H and O–H groups in total. The average Bonchev–Trinajstić information content (AvgIpc) is 2.14. The number of nitrogens with one attached hydrogen (secondary N) is 1. The Morgan fingerprint density at radius 1 is 1.86 bits per heavy atom. The van der Waals surface area contributed by atoms with E-state index in [0.717, 1.165) is 3.95 Å². The van der Waals surface area contributed by atoms with Gasteiger partial charge in [0.25, 0.3) is 0 Å². The van der Waals surface area contributed by atoms with E-state index in [1.165, 1.54) is 0 Å². The fourth-order valence-corrected chi connectivity index (χ4v) is 1.66. The summed E-state index contributed by atoms with van der Waals surface area (Å²) in [5.74, 6) is 0. The van der Waals surface area contributed by atoms with Crippen LogP contribution in [0.15, 0.2) is 12.4 Å². The second-order valence-corrected chi connectivity index (χ2v) is 3.79. The monoisotopic (exact) mass is 170 g/mol. The number of aromatic nitrogens is 2. The van der Waals surface area contributed by atoms with Gasteiger partial charge in [-0.1, -0.05) is 0 Å². The van der Waals surface area contributed by atoms with Gasteiger partial charge in [-0.2, -0.15) is 0 Å². The van der Waals surface area contributed by atoms with Crippen molar-refractivity contribution in [2.75, 3.05) is 0 Å². The van der Waals surface area contributed by atoms with Crippen LogP contribution in [0.25, 0.3) is 0 Å². The highest BCUT2D eigenvalue weighted by Crippen LogP contribution is 1.71. The van der Waals surface area contributed by atoms with Crippen molar-refractivity contribution in [3.05, 3.63) is 12.4 Å². The second kappa shape index (κ2) is 2.69. The van der Waals surface area contributed by atoms with Gasteiger partial charge in [-0.3, -0.25) is 17.9 Å². The number of hydrogen-bond acceptors (Lipinski definition) is 1. The lowest BCUT2D eigenvalue weighted by Crippen LogP contribution is -2.11. The van der Waals surface area contributed by atoms with E-state index in [-0.39, 0.29) is 18.2 Å². The fourth-order valence-electron chi connectivity index (χ4n) is 0.371. The molecule has 0 saturated carbocycles. The minimum absolute atomic E-state index is 0.221. The summed E-state index contributed by atoms with van der Waals surface area (Å²) >= 11 is 3.16. The van der Waals surface area contributed by atoms with E-state index in [1.54, 1.807) is 6.20 Å². The topological polar surface area (TPSA) is 28.7 Å². The lowest BCUT2D eigenvalue weighted by Gasteiger charge is -1.76. The van der Waals surface area contributed by atoms with Crippen LogP contribution < -0.4 is 3.95 Å². The van der Waals surface area contributed by atoms with Gasteiger partial charge in [-0.05, 0) is 3.95 Å². The van der Waals surface area contributed by atoms with Crippen LogP contribution in [0, 0.1) is 0 Å². The number of nitrogens with zero attached hydrogens (tertiary/aromatic N) is 1. The predicted molar refractivity (Wildman–Crippen MR) is 32.9 cm³/mol. The minimum Gasteiger partial charge on any atom is -0.374 e. The highest BCUT2D eigenvalue weighted by atomic mass is 79.9. The summed E-state index contributed by atoms with van der Waals surface area (Å²) in [6, 6.07) is 0. The molecule has 4 heteroatoms. The summed E-state index contributed by atoms with van der Waals surface area (Å²) in [5.41, 5.74) is 0. The molecule has 0 spiro atoms. The minimum atomic E-state index is -0.221. The van der Waals surface area contributed by atoms with Gasteiger partial charge in [0.15, 0.2) is 0 Å². The van der Waals surface area contributed by atoms with Crippen molar-refractivity contribution in [1.29, 1.82) is 0 Å². The van der Waals surface area contributed by atoms with Crippen LogP contribution in [-0.4, -0.2) is 28.2 Å². The van der Waals surface area contributed by atoms with E-state index in [4.69, 9.17) is 0 Å². The first-order valence-corrected chi connectivity index (χ1v) is 6.58.